The van der Waals surface area contributed by atoms with Crippen molar-refractivity contribution >= 4 is 61.6 Å². The lowest BCUT2D eigenvalue weighted by atomic mass is 9.95. The molecule has 0 spiro atoms. The molecule has 2 heterocycles. The molecule has 2 N–H and O–H groups in total. The second-order valence-corrected chi connectivity index (χ2v) is 12.4. The molecule has 1 unspecified atom stereocenters. The summed E-state index contributed by atoms with van der Waals surface area (Å²) in [5, 5.41) is 30.4. The molecule has 5 rings (SSSR count). The topological polar surface area (TPSA) is 122 Å². The highest BCUT2D eigenvalue weighted by molar-refractivity contribution is 9.10. The molecule has 1 aliphatic heterocycles. The van der Waals surface area contributed by atoms with Crippen molar-refractivity contribution in [2.75, 3.05) is 18.6 Å². The fourth-order valence-electron chi connectivity index (χ4n) is 4.42. The lowest BCUT2D eigenvalue weighted by Gasteiger charge is -2.23. The summed E-state index contributed by atoms with van der Waals surface area (Å²) < 4.78 is 25.0. The quantitative estimate of drug-likeness (QED) is 0.0606. The predicted octanol–water partition coefficient (Wildman–Crippen LogP) is 6.86. The van der Waals surface area contributed by atoms with Crippen molar-refractivity contribution in [1.82, 2.24) is 10.2 Å². The molecule has 1 saturated heterocycles. The number of Topliss-reactive ketones (excluding diaryl/α,β-unsaturated/α-hetero) is 1. The Morgan fingerprint density at radius 2 is 1.84 bits per heavy atom. The monoisotopic (exact) mass is 685 g/mol. The minimum Gasteiger partial charge on any atom is -0.507 e. The van der Waals surface area contributed by atoms with E-state index in [9.17, 15) is 24.2 Å². The number of anilines is 1. The summed E-state index contributed by atoms with van der Waals surface area (Å²) in [5.41, 5.74) is 1.39. The molecule has 0 aliphatic carbocycles. The van der Waals surface area contributed by atoms with Crippen molar-refractivity contribution < 1.29 is 33.7 Å². The molecular formula is C30H25BrFN3O6S2. The number of nitrogens with zero attached hydrogens (tertiary/aromatic N) is 3. The van der Waals surface area contributed by atoms with Crippen LogP contribution in [0.4, 0.5) is 9.52 Å². The number of benzene rings is 3. The van der Waals surface area contributed by atoms with Crippen LogP contribution in [-0.4, -0.2) is 45.8 Å². The highest BCUT2D eigenvalue weighted by Gasteiger charge is 2.48. The number of rotatable bonds is 10. The second-order valence-electron chi connectivity index (χ2n) is 9.36. The molecule has 1 atom stereocenters. The Bertz CT molecular complexity index is 1700. The van der Waals surface area contributed by atoms with E-state index in [4.69, 9.17) is 9.47 Å². The summed E-state index contributed by atoms with van der Waals surface area (Å²) in [6.45, 7) is 2.51. The van der Waals surface area contributed by atoms with Crippen LogP contribution in [-0.2, 0) is 15.3 Å². The van der Waals surface area contributed by atoms with Crippen LogP contribution >= 0.6 is 39.0 Å². The van der Waals surface area contributed by atoms with Gasteiger partial charge in [0.2, 0.25) is 5.13 Å². The van der Waals surface area contributed by atoms with Crippen LogP contribution in [0.25, 0.3) is 5.76 Å². The first-order valence-electron chi connectivity index (χ1n) is 13.0. The standard InChI is InChI=1S/C30H25BrFN3O6S2/c1-3-12-41-20-10-6-17(7-11-20)25(36)23-24(18-13-21(31)26(37)22(14-18)40-2)35(28(39)27(23)38)29-33-34-30(43-29)42-15-16-4-8-19(32)9-5-16/h4-11,13-14,24,36-37H,3,12,15H2,1-2H3/b25-23-. The zero-order valence-electron chi connectivity index (χ0n) is 22.9. The van der Waals surface area contributed by atoms with Crippen molar-refractivity contribution in [2.24, 2.45) is 0 Å². The fourth-order valence-corrected chi connectivity index (χ4v) is 6.70. The number of methoxy groups -OCH3 is 1. The largest absolute Gasteiger partial charge is 0.507 e. The zero-order valence-corrected chi connectivity index (χ0v) is 26.1. The number of phenols is 1. The highest BCUT2D eigenvalue weighted by Crippen LogP contribution is 2.47. The van der Waals surface area contributed by atoms with E-state index in [0.717, 1.165) is 23.3 Å². The van der Waals surface area contributed by atoms with Crippen molar-refractivity contribution in [3.63, 3.8) is 0 Å². The van der Waals surface area contributed by atoms with E-state index < -0.39 is 17.7 Å². The number of hydrogen-bond acceptors (Lipinski definition) is 10. The van der Waals surface area contributed by atoms with Gasteiger partial charge in [-0.2, -0.15) is 0 Å². The first kappa shape index (κ1) is 30.5. The lowest BCUT2D eigenvalue weighted by Crippen LogP contribution is -2.29. The Morgan fingerprint density at radius 3 is 2.51 bits per heavy atom. The van der Waals surface area contributed by atoms with Gasteiger partial charge in [-0.05, 0) is 82.0 Å². The highest BCUT2D eigenvalue weighted by atomic mass is 79.9. The molecule has 1 amide bonds. The van der Waals surface area contributed by atoms with E-state index in [1.54, 1.807) is 42.5 Å². The molecule has 0 saturated carbocycles. The van der Waals surface area contributed by atoms with Gasteiger partial charge in [0.15, 0.2) is 15.8 Å². The van der Waals surface area contributed by atoms with Crippen LogP contribution in [0.15, 0.2) is 75.0 Å². The maximum Gasteiger partial charge on any atom is 0.301 e. The first-order chi connectivity index (χ1) is 20.7. The summed E-state index contributed by atoms with van der Waals surface area (Å²) in [4.78, 5) is 28.3. The summed E-state index contributed by atoms with van der Waals surface area (Å²) >= 11 is 5.75. The Balaban J connectivity index is 1.56. The maximum atomic E-state index is 13.6. The Labute approximate surface area is 263 Å². The minimum atomic E-state index is -1.12. The predicted molar refractivity (Wildman–Crippen MR) is 165 cm³/mol. The van der Waals surface area contributed by atoms with Crippen LogP contribution in [0.2, 0.25) is 0 Å². The Morgan fingerprint density at radius 1 is 1.12 bits per heavy atom. The SMILES string of the molecule is CCCOc1ccc(/C(O)=C2/C(=O)C(=O)N(c3nnc(SCc4ccc(F)cc4)s3)C2c2cc(Br)c(O)c(OC)c2)cc1. The average Bonchev–Trinajstić information content (AvgIpc) is 3.58. The number of aliphatic hydroxyl groups excluding tert-OH is 1. The number of phenolic OH excluding ortho intramolecular Hbond substituents is 1. The molecule has 1 fully saturated rings. The number of amides is 1. The van der Waals surface area contributed by atoms with E-state index in [0.29, 0.717) is 33.6 Å². The van der Waals surface area contributed by atoms with Crippen LogP contribution in [0, 0.1) is 5.82 Å². The fraction of sp³-hybridized carbons (Fsp3) is 0.200. The third-order valence-electron chi connectivity index (χ3n) is 6.51. The van der Waals surface area contributed by atoms with Gasteiger partial charge in [-0.25, -0.2) is 4.39 Å². The number of ether oxygens (including phenoxy) is 2. The lowest BCUT2D eigenvalue weighted by molar-refractivity contribution is -0.132. The van der Waals surface area contributed by atoms with Crippen LogP contribution in [0.1, 0.15) is 36.1 Å². The number of ketones is 1. The number of aromatic hydroxyl groups is 1. The number of carbonyl (C=O) groups excluding carboxylic acids is 2. The van der Waals surface area contributed by atoms with Gasteiger partial charge in [0.1, 0.15) is 17.3 Å². The van der Waals surface area contributed by atoms with E-state index >= 15 is 0 Å². The maximum absolute atomic E-state index is 13.6. The van der Waals surface area contributed by atoms with Crippen LogP contribution in [0.3, 0.4) is 0 Å². The molecule has 13 heteroatoms. The third kappa shape index (κ3) is 6.38. The van der Waals surface area contributed by atoms with E-state index in [1.807, 2.05) is 6.92 Å². The van der Waals surface area contributed by atoms with Gasteiger partial charge in [-0.3, -0.25) is 14.5 Å². The Kier molecular flexibility index (Phi) is 9.33. The van der Waals surface area contributed by atoms with E-state index in [-0.39, 0.29) is 38.3 Å². The van der Waals surface area contributed by atoms with E-state index in [2.05, 4.69) is 26.1 Å². The number of thioether (sulfide) groups is 1. The van der Waals surface area contributed by atoms with Crippen LogP contribution < -0.4 is 14.4 Å². The molecule has 9 nitrogen and oxygen atoms in total. The molecule has 222 valence electrons. The smallest absolute Gasteiger partial charge is 0.301 e. The zero-order chi connectivity index (χ0) is 30.7. The summed E-state index contributed by atoms with van der Waals surface area (Å²) in [5.74, 6) is -1.51. The molecular weight excluding hydrogens is 661 g/mol. The van der Waals surface area contributed by atoms with Gasteiger partial charge in [0, 0.05) is 11.3 Å². The van der Waals surface area contributed by atoms with Crippen molar-refractivity contribution in [3.05, 3.63) is 93.2 Å². The molecule has 3 aromatic carbocycles. The number of carbonyl (C=O) groups is 2. The first-order valence-corrected chi connectivity index (χ1v) is 15.6. The van der Waals surface area contributed by atoms with Gasteiger partial charge in [-0.15, -0.1) is 10.2 Å². The van der Waals surface area contributed by atoms with Gasteiger partial charge in [-0.1, -0.05) is 42.2 Å². The van der Waals surface area contributed by atoms with Gasteiger partial charge in [0.05, 0.1) is 29.8 Å². The van der Waals surface area contributed by atoms with Crippen LogP contribution in [0.5, 0.6) is 17.2 Å². The average molecular weight is 687 g/mol. The number of halogens is 2. The number of aliphatic hydroxyl groups is 1. The number of hydrogen-bond donors (Lipinski definition) is 2. The third-order valence-corrected chi connectivity index (χ3v) is 9.24. The van der Waals surface area contributed by atoms with Gasteiger partial charge >= 0.3 is 5.91 Å². The summed E-state index contributed by atoms with van der Waals surface area (Å²) in [6.07, 6.45) is 0.828. The molecule has 1 aliphatic rings. The summed E-state index contributed by atoms with van der Waals surface area (Å²) in [6, 6.07) is 14.5. The van der Waals surface area contributed by atoms with Crippen molar-refractivity contribution in [2.45, 2.75) is 29.5 Å². The molecule has 43 heavy (non-hydrogen) atoms. The summed E-state index contributed by atoms with van der Waals surface area (Å²) in [7, 11) is 1.37. The molecule has 0 radical (unpaired) electrons. The van der Waals surface area contributed by atoms with Crippen molar-refractivity contribution in [3.8, 4) is 17.2 Å². The van der Waals surface area contributed by atoms with E-state index in [1.165, 1.54) is 42.0 Å². The van der Waals surface area contributed by atoms with Gasteiger partial charge in [0.25, 0.3) is 5.78 Å². The second kappa shape index (κ2) is 13.1. The molecule has 1 aromatic heterocycles. The molecule has 0 bridgehead atoms. The Hall–Kier alpha value is -3.94. The number of aromatic nitrogens is 2. The van der Waals surface area contributed by atoms with Gasteiger partial charge < -0.3 is 19.7 Å². The normalized spacial score (nSPS) is 16.1. The molecule has 4 aromatic rings. The van der Waals surface area contributed by atoms with Crippen molar-refractivity contribution in [1.29, 1.82) is 0 Å². The minimum absolute atomic E-state index is 0.0974.